The first-order chi connectivity index (χ1) is 22.2. The minimum Gasteiger partial charge on any atom is -0.507 e. The van der Waals surface area contributed by atoms with Crippen molar-refractivity contribution in [1.82, 2.24) is 4.90 Å². The summed E-state index contributed by atoms with van der Waals surface area (Å²) < 4.78 is 31.2. The third-order valence-electron chi connectivity index (χ3n) is 7.68. The van der Waals surface area contributed by atoms with E-state index in [0.29, 0.717) is 79.4 Å². The molecule has 1 atom stereocenters. The lowest BCUT2D eigenvalue weighted by Gasteiger charge is -2.26. The van der Waals surface area contributed by atoms with Gasteiger partial charge in [0.2, 0.25) is 18.1 Å². The number of aromatic hydroxyl groups is 1. The maximum Gasteiger partial charge on any atom is 0.303 e. The Bertz CT molecular complexity index is 1510. The van der Waals surface area contributed by atoms with Gasteiger partial charge >= 0.3 is 5.97 Å². The highest BCUT2D eigenvalue weighted by Crippen LogP contribution is 2.37. The highest BCUT2D eigenvalue weighted by Gasteiger charge is 2.20. The SMILES string of the molecule is CCc1cc(-c2ccc(F)cc2)c(O)cc1OC(CC)Oc1cc(NC(=O)CCCC(=O)N2CCOCC2)ccc1CCC(=O)O. The van der Waals surface area contributed by atoms with E-state index in [1.807, 2.05) is 13.8 Å². The normalized spacial score (nSPS) is 13.6. The molecule has 3 aromatic rings. The van der Waals surface area contributed by atoms with E-state index in [4.69, 9.17) is 14.2 Å². The maximum atomic E-state index is 13.5. The quantitative estimate of drug-likeness (QED) is 0.175. The smallest absolute Gasteiger partial charge is 0.303 e. The highest BCUT2D eigenvalue weighted by atomic mass is 19.1. The van der Waals surface area contributed by atoms with Gasteiger partial charge in [-0.15, -0.1) is 0 Å². The van der Waals surface area contributed by atoms with Crippen LogP contribution in [0.3, 0.4) is 0 Å². The number of carbonyl (C=O) groups is 3. The molecule has 10 nitrogen and oxygen atoms in total. The molecule has 0 radical (unpaired) electrons. The molecule has 246 valence electrons. The molecule has 0 spiro atoms. The van der Waals surface area contributed by atoms with Gasteiger partial charge in [0.05, 0.1) is 13.2 Å². The summed E-state index contributed by atoms with van der Waals surface area (Å²) in [6, 6.07) is 14.2. The number of halogens is 1. The number of carboxylic acids is 1. The van der Waals surface area contributed by atoms with Crippen LogP contribution in [0, 0.1) is 5.82 Å². The first kappa shape index (κ1) is 34.2. The van der Waals surface area contributed by atoms with Crippen molar-refractivity contribution in [3.05, 3.63) is 71.5 Å². The Labute approximate surface area is 268 Å². The zero-order chi connectivity index (χ0) is 33.1. The molecule has 1 saturated heterocycles. The van der Waals surface area contributed by atoms with E-state index in [2.05, 4.69) is 5.32 Å². The number of hydrogen-bond acceptors (Lipinski definition) is 7. The number of nitrogens with one attached hydrogen (secondary N) is 1. The lowest BCUT2D eigenvalue weighted by Crippen LogP contribution is -2.40. The minimum absolute atomic E-state index is 0.00446. The number of aliphatic carboxylic acids is 1. The van der Waals surface area contributed by atoms with Crippen molar-refractivity contribution in [2.24, 2.45) is 0 Å². The van der Waals surface area contributed by atoms with Crippen LogP contribution >= 0.6 is 0 Å². The Morgan fingerprint density at radius 1 is 0.935 bits per heavy atom. The predicted molar refractivity (Wildman–Crippen MR) is 170 cm³/mol. The molecule has 0 saturated carbocycles. The van der Waals surface area contributed by atoms with Crippen molar-refractivity contribution < 1.29 is 43.2 Å². The molecule has 1 aliphatic heterocycles. The Balaban J connectivity index is 1.46. The van der Waals surface area contributed by atoms with Crippen LogP contribution in [0.5, 0.6) is 17.2 Å². The second kappa shape index (κ2) is 16.6. The van der Waals surface area contributed by atoms with Gasteiger partial charge < -0.3 is 34.6 Å². The molecule has 1 unspecified atom stereocenters. The number of anilines is 1. The third-order valence-corrected chi connectivity index (χ3v) is 7.68. The Morgan fingerprint density at radius 3 is 2.28 bits per heavy atom. The number of nitrogens with zero attached hydrogens (tertiary/aromatic N) is 1. The van der Waals surface area contributed by atoms with Gasteiger partial charge in [0.15, 0.2) is 0 Å². The highest BCUT2D eigenvalue weighted by molar-refractivity contribution is 5.91. The molecule has 3 aromatic carbocycles. The maximum absolute atomic E-state index is 13.5. The number of aryl methyl sites for hydroxylation is 2. The van der Waals surface area contributed by atoms with Crippen LogP contribution < -0.4 is 14.8 Å². The van der Waals surface area contributed by atoms with Gasteiger partial charge in [0.1, 0.15) is 23.1 Å². The van der Waals surface area contributed by atoms with Crippen molar-refractivity contribution in [1.29, 1.82) is 0 Å². The zero-order valence-electron chi connectivity index (χ0n) is 26.2. The molecule has 46 heavy (non-hydrogen) atoms. The molecule has 3 N–H and O–H groups in total. The lowest BCUT2D eigenvalue weighted by molar-refractivity contribution is -0.137. The second-order valence-electron chi connectivity index (χ2n) is 11.0. The number of carbonyl (C=O) groups excluding carboxylic acids is 2. The Morgan fingerprint density at radius 2 is 1.63 bits per heavy atom. The van der Waals surface area contributed by atoms with Crippen LogP contribution in [0.15, 0.2) is 54.6 Å². The van der Waals surface area contributed by atoms with E-state index in [9.17, 15) is 29.0 Å². The molecule has 1 fully saturated rings. The number of benzene rings is 3. The first-order valence-electron chi connectivity index (χ1n) is 15.6. The third kappa shape index (κ3) is 9.68. The molecule has 2 amide bonds. The molecule has 0 aliphatic carbocycles. The van der Waals surface area contributed by atoms with Crippen molar-refractivity contribution in [2.75, 3.05) is 31.6 Å². The standard InChI is InChI=1S/C35H41FN2O8/c1-3-23-20-28(24-8-12-26(36)13-9-24)29(39)22-31(23)46-35(4-2)45-30-21-27(14-10-25(30)11-15-34(42)43)37-32(40)6-5-7-33(41)38-16-18-44-19-17-38/h8-10,12-14,20-22,35,39H,3-7,11,15-19H2,1-2H3,(H,37,40)(H,42,43). The van der Waals surface area contributed by atoms with Gasteiger partial charge in [-0.25, -0.2) is 4.39 Å². The van der Waals surface area contributed by atoms with Crippen molar-refractivity contribution in [3.63, 3.8) is 0 Å². The van der Waals surface area contributed by atoms with Crippen LogP contribution in [0.25, 0.3) is 11.1 Å². The van der Waals surface area contributed by atoms with Gasteiger partial charge in [-0.2, -0.15) is 0 Å². The molecule has 4 rings (SSSR count). The van der Waals surface area contributed by atoms with Gasteiger partial charge in [-0.3, -0.25) is 14.4 Å². The molecule has 11 heteroatoms. The van der Waals surface area contributed by atoms with E-state index in [-0.39, 0.29) is 49.1 Å². The number of hydrogen-bond donors (Lipinski definition) is 3. The monoisotopic (exact) mass is 636 g/mol. The first-order valence-corrected chi connectivity index (χ1v) is 15.6. The van der Waals surface area contributed by atoms with Gasteiger partial charge in [0, 0.05) is 62.2 Å². The molecular formula is C35H41FN2O8. The van der Waals surface area contributed by atoms with Crippen LogP contribution in [-0.2, 0) is 32.0 Å². The average Bonchev–Trinajstić information content (AvgIpc) is 3.05. The number of amides is 2. The summed E-state index contributed by atoms with van der Waals surface area (Å²) in [5, 5.41) is 22.9. The number of ether oxygens (including phenoxy) is 3. The van der Waals surface area contributed by atoms with Crippen LogP contribution in [0.2, 0.25) is 0 Å². The minimum atomic E-state index is -0.956. The Hall–Kier alpha value is -4.64. The largest absolute Gasteiger partial charge is 0.507 e. The molecular weight excluding hydrogens is 595 g/mol. The number of morpholine rings is 1. The van der Waals surface area contributed by atoms with E-state index in [1.54, 1.807) is 41.3 Å². The summed E-state index contributed by atoms with van der Waals surface area (Å²) in [4.78, 5) is 38.2. The second-order valence-corrected chi connectivity index (χ2v) is 11.0. The van der Waals surface area contributed by atoms with Crippen LogP contribution in [-0.4, -0.2) is 65.5 Å². The fourth-order valence-electron chi connectivity index (χ4n) is 5.12. The molecule has 1 aliphatic rings. The summed E-state index contributed by atoms with van der Waals surface area (Å²) in [6.07, 6.45) is 1.11. The average molecular weight is 637 g/mol. The number of carboxylic acid groups (broad SMARTS) is 1. The molecule has 0 bridgehead atoms. The van der Waals surface area contributed by atoms with Gasteiger partial charge in [-0.05, 0) is 60.2 Å². The summed E-state index contributed by atoms with van der Waals surface area (Å²) in [5.74, 6) is -0.838. The van der Waals surface area contributed by atoms with Gasteiger partial charge in [-0.1, -0.05) is 32.0 Å². The van der Waals surface area contributed by atoms with E-state index >= 15 is 0 Å². The van der Waals surface area contributed by atoms with Crippen LogP contribution in [0.4, 0.5) is 10.1 Å². The number of rotatable bonds is 15. The van der Waals surface area contributed by atoms with E-state index < -0.39 is 12.3 Å². The fraction of sp³-hybridized carbons (Fsp3) is 0.400. The topological polar surface area (TPSA) is 135 Å². The summed E-state index contributed by atoms with van der Waals surface area (Å²) in [5.41, 5.74) is 3.10. The van der Waals surface area contributed by atoms with Gasteiger partial charge in [0.25, 0.3) is 0 Å². The number of phenols is 1. The fourth-order valence-corrected chi connectivity index (χ4v) is 5.12. The Kier molecular flexibility index (Phi) is 12.4. The zero-order valence-corrected chi connectivity index (χ0v) is 26.2. The summed E-state index contributed by atoms with van der Waals surface area (Å²) >= 11 is 0. The van der Waals surface area contributed by atoms with Crippen molar-refractivity contribution >= 4 is 23.5 Å². The van der Waals surface area contributed by atoms with Crippen LogP contribution in [0.1, 0.15) is 57.1 Å². The van der Waals surface area contributed by atoms with E-state index in [0.717, 1.165) is 5.56 Å². The molecule has 1 heterocycles. The van der Waals surface area contributed by atoms with Crippen molar-refractivity contribution in [2.45, 2.75) is 65.1 Å². The summed E-state index contributed by atoms with van der Waals surface area (Å²) in [7, 11) is 0. The number of phenolic OH excluding ortho intramolecular Hbond substituents is 1. The van der Waals surface area contributed by atoms with E-state index in [1.165, 1.54) is 18.2 Å². The summed E-state index contributed by atoms with van der Waals surface area (Å²) in [6.45, 7) is 5.98. The van der Waals surface area contributed by atoms with Crippen molar-refractivity contribution in [3.8, 4) is 28.4 Å². The molecule has 0 aromatic heterocycles. The lowest BCUT2D eigenvalue weighted by atomic mass is 10.00. The predicted octanol–water partition coefficient (Wildman–Crippen LogP) is 5.94.